The highest BCUT2D eigenvalue weighted by Crippen LogP contribution is 2.19. The van der Waals surface area contributed by atoms with Crippen molar-refractivity contribution in [3.05, 3.63) is 35.4 Å². The molecule has 0 aromatic heterocycles. The number of benzene rings is 1. The van der Waals surface area contributed by atoms with Crippen LogP contribution in [0.15, 0.2) is 24.3 Å². The second-order valence-corrected chi connectivity index (χ2v) is 6.81. The van der Waals surface area contributed by atoms with Crippen LogP contribution >= 0.6 is 0 Å². The highest BCUT2D eigenvalue weighted by Gasteiger charge is 2.11. The van der Waals surface area contributed by atoms with Crippen LogP contribution in [0.4, 0.5) is 0 Å². The van der Waals surface area contributed by atoms with E-state index in [1.54, 1.807) is 6.92 Å². The van der Waals surface area contributed by atoms with Crippen LogP contribution in [0.5, 0.6) is 0 Å². The van der Waals surface area contributed by atoms with Crippen molar-refractivity contribution in [2.24, 2.45) is 5.73 Å². The fourth-order valence-electron chi connectivity index (χ4n) is 1.83. The Morgan fingerprint density at radius 2 is 1.94 bits per heavy atom. The first-order chi connectivity index (χ1) is 7.96. The quantitative estimate of drug-likeness (QED) is 0.847. The van der Waals surface area contributed by atoms with Gasteiger partial charge in [-0.25, -0.2) is 8.42 Å². The number of hydrogen-bond acceptors (Lipinski definition) is 3. The smallest absolute Gasteiger partial charge is 0.150 e. The normalized spacial score (nSPS) is 13.6. The minimum atomic E-state index is -2.86. The van der Waals surface area contributed by atoms with E-state index in [1.807, 2.05) is 31.2 Å². The van der Waals surface area contributed by atoms with E-state index in [0.29, 0.717) is 12.8 Å². The van der Waals surface area contributed by atoms with Crippen LogP contribution in [0.1, 0.15) is 36.9 Å². The molecule has 0 aliphatic carbocycles. The molecular formula is C13H21NO2S. The van der Waals surface area contributed by atoms with Gasteiger partial charge in [-0.05, 0) is 30.9 Å². The van der Waals surface area contributed by atoms with E-state index in [1.165, 1.54) is 5.56 Å². The summed E-state index contributed by atoms with van der Waals surface area (Å²) >= 11 is 0. The van der Waals surface area contributed by atoms with E-state index in [-0.39, 0.29) is 17.5 Å². The molecule has 1 aromatic rings. The van der Waals surface area contributed by atoms with Crippen LogP contribution in [0.2, 0.25) is 0 Å². The van der Waals surface area contributed by atoms with Crippen molar-refractivity contribution in [2.75, 3.05) is 11.5 Å². The molecule has 0 aliphatic heterocycles. The average Bonchev–Trinajstić information content (AvgIpc) is 2.29. The van der Waals surface area contributed by atoms with Gasteiger partial charge in [0, 0.05) is 11.8 Å². The predicted octanol–water partition coefficient (Wildman–Crippen LogP) is 2.21. The highest BCUT2D eigenvalue weighted by molar-refractivity contribution is 7.91. The Hall–Kier alpha value is -0.870. The third-order valence-electron chi connectivity index (χ3n) is 3.00. The second kappa shape index (κ2) is 6.17. The number of hydrogen-bond donors (Lipinski definition) is 1. The van der Waals surface area contributed by atoms with E-state index in [2.05, 4.69) is 0 Å². The van der Waals surface area contributed by atoms with Crippen molar-refractivity contribution in [3.63, 3.8) is 0 Å². The summed E-state index contributed by atoms with van der Waals surface area (Å²) in [6.45, 7) is 3.70. The van der Waals surface area contributed by atoms with Gasteiger partial charge in [0.15, 0.2) is 0 Å². The molecule has 0 fully saturated rings. The summed E-state index contributed by atoms with van der Waals surface area (Å²) in [5.74, 6) is 0.454. The molecule has 0 amide bonds. The lowest BCUT2D eigenvalue weighted by Gasteiger charge is -2.14. The number of aryl methyl sites for hydroxylation is 1. The van der Waals surface area contributed by atoms with Crippen molar-refractivity contribution >= 4 is 9.84 Å². The van der Waals surface area contributed by atoms with Gasteiger partial charge >= 0.3 is 0 Å². The molecule has 17 heavy (non-hydrogen) atoms. The van der Waals surface area contributed by atoms with Crippen molar-refractivity contribution in [2.45, 2.75) is 32.7 Å². The van der Waals surface area contributed by atoms with Gasteiger partial charge in [0.25, 0.3) is 0 Å². The maximum Gasteiger partial charge on any atom is 0.150 e. The first-order valence-electron chi connectivity index (χ1n) is 5.98. The molecule has 96 valence electrons. The van der Waals surface area contributed by atoms with Crippen LogP contribution in [0.25, 0.3) is 0 Å². The summed E-state index contributed by atoms with van der Waals surface area (Å²) < 4.78 is 22.7. The first kappa shape index (κ1) is 14.2. The monoisotopic (exact) mass is 255 g/mol. The van der Waals surface area contributed by atoms with Crippen LogP contribution in [0.3, 0.4) is 0 Å². The molecule has 0 spiro atoms. The number of sulfone groups is 1. The number of nitrogens with two attached hydrogens (primary N) is 1. The summed E-state index contributed by atoms with van der Waals surface area (Å²) in [7, 11) is -2.86. The van der Waals surface area contributed by atoms with Gasteiger partial charge in [-0.2, -0.15) is 0 Å². The average molecular weight is 255 g/mol. The van der Waals surface area contributed by atoms with Gasteiger partial charge in [-0.3, -0.25) is 0 Å². The minimum absolute atomic E-state index is 0.0664. The Bertz CT molecular complexity index is 454. The molecule has 2 N–H and O–H groups in total. The molecule has 0 radical (unpaired) electrons. The highest BCUT2D eigenvalue weighted by atomic mass is 32.2. The third kappa shape index (κ3) is 4.48. The van der Waals surface area contributed by atoms with Crippen molar-refractivity contribution in [1.29, 1.82) is 0 Å². The van der Waals surface area contributed by atoms with Gasteiger partial charge in [0.1, 0.15) is 9.84 Å². The summed E-state index contributed by atoms with van der Waals surface area (Å²) in [4.78, 5) is 0. The van der Waals surface area contributed by atoms with E-state index >= 15 is 0 Å². The molecule has 1 rings (SSSR count). The first-order valence-corrected chi connectivity index (χ1v) is 7.80. The zero-order chi connectivity index (χ0) is 12.9. The van der Waals surface area contributed by atoms with Gasteiger partial charge in [-0.1, -0.05) is 31.2 Å². The topological polar surface area (TPSA) is 60.2 Å². The SMILES string of the molecule is CCS(=O)(=O)CCCC(N)c1ccccc1C. The van der Waals surface area contributed by atoms with Crippen LogP contribution < -0.4 is 5.73 Å². The van der Waals surface area contributed by atoms with E-state index in [9.17, 15) is 8.42 Å². The molecule has 4 heteroatoms. The van der Waals surface area contributed by atoms with Gasteiger partial charge in [0.2, 0.25) is 0 Å². The lowest BCUT2D eigenvalue weighted by molar-refractivity contribution is 0.583. The van der Waals surface area contributed by atoms with Gasteiger partial charge in [0.05, 0.1) is 5.75 Å². The Morgan fingerprint density at radius 1 is 1.29 bits per heavy atom. The fourth-order valence-corrected chi connectivity index (χ4v) is 2.72. The summed E-state index contributed by atoms with van der Waals surface area (Å²) in [5, 5.41) is 0. The molecule has 1 atom stereocenters. The van der Waals surface area contributed by atoms with Crippen LogP contribution in [-0.4, -0.2) is 19.9 Å². The number of rotatable bonds is 6. The lowest BCUT2D eigenvalue weighted by atomic mass is 9.99. The van der Waals surface area contributed by atoms with Crippen molar-refractivity contribution in [3.8, 4) is 0 Å². The summed E-state index contributed by atoms with van der Waals surface area (Å²) in [5.41, 5.74) is 8.35. The molecule has 0 heterocycles. The Balaban J connectivity index is 2.51. The van der Waals surface area contributed by atoms with Crippen LogP contribution in [0, 0.1) is 6.92 Å². The van der Waals surface area contributed by atoms with E-state index < -0.39 is 9.84 Å². The van der Waals surface area contributed by atoms with E-state index in [4.69, 9.17) is 5.73 Å². The lowest BCUT2D eigenvalue weighted by Crippen LogP contribution is -2.15. The Labute approximate surface area is 104 Å². The molecule has 0 bridgehead atoms. The molecule has 3 nitrogen and oxygen atoms in total. The van der Waals surface area contributed by atoms with Crippen LogP contribution in [-0.2, 0) is 9.84 Å². The standard InChI is InChI=1S/C13H21NO2S/c1-3-17(15,16)10-6-9-13(14)12-8-5-4-7-11(12)2/h4-5,7-8,13H,3,6,9-10,14H2,1-2H3. The zero-order valence-electron chi connectivity index (χ0n) is 10.5. The van der Waals surface area contributed by atoms with Gasteiger partial charge < -0.3 is 5.73 Å². The van der Waals surface area contributed by atoms with Gasteiger partial charge in [-0.15, -0.1) is 0 Å². The maximum absolute atomic E-state index is 11.3. The zero-order valence-corrected chi connectivity index (χ0v) is 11.3. The largest absolute Gasteiger partial charge is 0.324 e. The Kier molecular flexibility index (Phi) is 5.15. The fraction of sp³-hybridized carbons (Fsp3) is 0.538. The minimum Gasteiger partial charge on any atom is -0.324 e. The predicted molar refractivity (Wildman–Crippen MR) is 71.7 cm³/mol. The maximum atomic E-state index is 11.3. The summed E-state index contributed by atoms with van der Waals surface area (Å²) in [6, 6.07) is 7.91. The third-order valence-corrected chi connectivity index (χ3v) is 4.79. The summed E-state index contributed by atoms with van der Waals surface area (Å²) in [6.07, 6.45) is 1.34. The van der Waals surface area contributed by atoms with Crippen molar-refractivity contribution < 1.29 is 8.42 Å². The molecular weight excluding hydrogens is 234 g/mol. The Morgan fingerprint density at radius 3 is 2.53 bits per heavy atom. The van der Waals surface area contributed by atoms with E-state index in [0.717, 1.165) is 5.56 Å². The van der Waals surface area contributed by atoms with Crippen molar-refractivity contribution in [1.82, 2.24) is 0 Å². The molecule has 0 saturated carbocycles. The second-order valence-electron chi connectivity index (χ2n) is 4.34. The molecule has 1 aromatic carbocycles. The molecule has 1 unspecified atom stereocenters. The molecule has 0 saturated heterocycles. The molecule has 0 aliphatic rings.